The van der Waals surface area contributed by atoms with E-state index in [2.05, 4.69) is 10.6 Å². The normalized spacial score (nSPS) is 9.76. The van der Waals surface area contributed by atoms with Crippen molar-refractivity contribution in [3.8, 4) is 0 Å². The van der Waals surface area contributed by atoms with Crippen LogP contribution in [-0.4, -0.2) is 11.9 Å². The molecule has 0 aliphatic rings. The molecular weight excluding hydrogens is 364 g/mol. The molecule has 25 heavy (non-hydrogen) atoms. The van der Waals surface area contributed by atoms with Crippen molar-refractivity contribution in [1.29, 1.82) is 0 Å². The predicted molar refractivity (Wildman–Crippen MR) is 107 cm³/mol. The minimum Gasteiger partial charge on any atom is -0.399 e. The second-order valence-corrected chi connectivity index (χ2v) is 5.74. The molecule has 0 aliphatic heterocycles. The fourth-order valence-corrected chi connectivity index (χ4v) is 2.28. The van der Waals surface area contributed by atoms with Crippen LogP contribution in [0.25, 0.3) is 0 Å². The molecule has 7 heteroatoms. The zero-order valence-electron chi connectivity index (χ0n) is 14.2. The van der Waals surface area contributed by atoms with Crippen molar-refractivity contribution in [1.82, 2.24) is 0 Å². The van der Waals surface area contributed by atoms with Gasteiger partial charge in [-0.2, -0.15) is 0 Å². The average Bonchev–Trinajstić information content (AvgIpc) is 2.49. The number of benzene rings is 2. The molecule has 0 spiro atoms. The zero-order valence-corrected chi connectivity index (χ0v) is 15.8. The van der Waals surface area contributed by atoms with Gasteiger partial charge >= 0.3 is 0 Å². The van der Waals surface area contributed by atoms with Gasteiger partial charge in [-0.05, 0) is 50.1 Å². The third kappa shape index (κ3) is 7.20. The van der Waals surface area contributed by atoms with E-state index in [1.807, 2.05) is 38.1 Å². The van der Waals surface area contributed by atoms with E-state index in [0.717, 1.165) is 5.56 Å². The van der Waals surface area contributed by atoms with Gasteiger partial charge < -0.3 is 16.4 Å². The van der Waals surface area contributed by atoms with Gasteiger partial charge in [0.05, 0.1) is 11.4 Å². The molecule has 0 heterocycles. The van der Waals surface area contributed by atoms with Crippen LogP contribution in [0.1, 0.15) is 25.8 Å². The number of nitrogens with one attached hydrogen (secondary N) is 2. The number of rotatable bonds is 6. The van der Waals surface area contributed by atoms with E-state index >= 15 is 0 Å². The van der Waals surface area contributed by atoms with E-state index in [1.54, 1.807) is 6.07 Å². The van der Waals surface area contributed by atoms with E-state index in [0.29, 0.717) is 29.9 Å². The summed E-state index contributed by atoms with van der Waals surface area (Å²) in [5.41, 5.74) is 8.65. The molecule has 2 aromatic rings. The molecule has 0 aromatic heterocycles. The number of nitrogen functional groups attached to an aromatic ring is 1. The highest BCUT2D eigenvalue weighted by atomic mass is 35.5. The van der Waals surface area contributed by atoms with E-state index in [4.69, 9.17) is 5.73 Å². The van der Waals surface area contributed by atoms with Gasteiger partial charge in [0.2, 0.25) is 5.91 Å². The maximum atomic E-state index is 13.4. The Kier molecular flexibility index (Phi) is 9.94. The minimum absolute atomic E-state index is 0. The average molecular weight is 388 g/mol. The number of para-hydroxylation sites is 1. The third-order valence-electron chi connectivity index (χ3n) is 3.38. The molecule has 0 atom stereocenters. The van der Waals surface area contributed by atoms with Crippen LogP contribution in [0.4, 0.5) is 21.5 Å². The highest BCUT2D eigenvalue weighted by Crippen LogP contribution is 2.24. The van der Waals surface area contributed by atoms with Gasteiger partial charge in [0.15, 0.2) is 0 Å². The monoisotopic (exact) mass is 387 g/mol. The van der Waals surface area contributed by atoms with Crippen LogP contribution in [0.2, 0.25) is 0 Å². The maximum absolute atomic E-state index is 13.4. The number of hydrogen-bond acceptors (Lipinski definition) is 3. The van der Waals surface area contributed by atoms with Crippen molar-refractivity contribution >= 4 is 47.8 Å². The molecule has 0 unspecified atom stereocenters. The molecular formula is C18H24Cl2FN3O. The van der Waals surface area contributed by atoms with Gasteiger partial charge in [0.1, 0.15) is 5.82 Å². The van der Waals surface area contributed by atoms with Crippen LogP contribution in [0.5, 0.6) is 0 Å². The fourth-order valence-electron chi connectivity index (χ4n) is 2.28. The predicted octanol–water partition coefficient (Wildman–Crippen LogP) is 4.64. The number of amides is 1. The number of carbonyl (C=O) groups excluding carboxylic acids is 1. The first-order chi connectivity index (χ1) is 11.0. The molecule has 0 fully saturated rings. The standard InChI is InChI=1S/C18H22FN3O.2ClH/c1-12(2)21-17-11-14(19)8-9-16(17)22-18(23)10-7-13-5-3-4-6-15(13)20;;/h3-6,8-9,11-12,21H,7,10,20H2,1-2H3,(H,22,23);2*1H. The fraction of sp³-hybridized carbons (Fsp3) is 0.278. The summed E-state index contributed by atoms with van der Waals surface area (Å²) in [7, 11) is 0. The minimum atomic E-state index is -0.344. The van der Waals surface area contributed by atoms with Gasteiger partial charge in [0.25, 0.3) is 0 Å². The van der Waals surface area contributed by atoms with Crippen molar-refractivity contribution in [2.75, 3.05) is 16.4 Å². The molecule has 2 rings (SSSR count). The summed E-state index contributed by atoms with van der Waals surface area (Å²) in [4.78, 5) is 12.1. The Morgan fingerprint density at radius 1 is 1.12 bits per heavy atom. The van der Waals surface area contributed by atoms with E-state index in [-0.39, 0.29) is 42.6 Å². The van der Waals surface area contributed by atoms with Gasteiger partial charge in [-0.3, -0.25) is 4.79 Å². The molecule has 4 nitrogen and oxygen atoms in total. The first kappa shape index (κ1) is 23.0. The lowest BCUT2D eigenvalue weighted by atomic mass is 10.1. The van der Waals surface area contributed by atoms with Crippen LogP contribution >= 0.6 is 24.8 Å². The Labute approximate surface area is 160 Å². The number of halogens is 3. The maximum Gasteiger partial charge on any atom is 0.224 e. The number of nitrogens with two attached hydrogens (primary N) is 1. The summed E-state index contributed by atoms with van der Waals surface area (Å²) in [6.45, 7) is 3.91. The Morgan fingerprint density at radius 2 is 1.80 bits per heavy atom. The Balaban J connectivity index is 0.00000288. The SMILES string of the molecule is CC(C)Nc1cc(F)ccc1NC(=O)CCc1ccccc1N.Cl.Cl. The molecule has 2 aromatic carbocycles. The Morgan fingerprint density at radius 3 is 2.44 bits per heavy atom. The largest absolute Gasteiger partial charge is 0.399 e. The number of carbonyl (C=O) groups is 1. The molecule has 4 N–H and O–H groups in total. The Hall–Kier alpha value is -1.98. The second kappa shape index (κ2) is 10.8. The van der Waals surface area contributed by atoms with Crippen LogP contribution in [0, 0.1) is 5.82 Å². The van der Waals surface area contributed by atoms with Crippen molar-refractivity contribution < 1.29 is 9.18 Å². The lowest BCUT2D eigenvalue weighted by Gasteiger charge is -2.15. The van der Waals surface area contributed by atoms with Crippen LogP contribution in [-0.2, 0) is 11.2 Å². The third-order valence-corrected chi connectivity index (χ3v) is 3.38. The molecule has 0 saturated carbocycles. The van der Waals surface area contributed by atoms with Gasteiger partial charge in [-0.1, -0.05) is 18.2 Å². The van der Waals surface area contributed by atoms with E-state index < -0.39 is 0 Å². The van der Waals surface area contributed by atoms with E-state index in [1.165, 1.54) is 12.1 Å². The summed E-state index contributed by atoms with van der Waals surface area (Å²) < 4.78 is 13.4. The highest BCUT2D eigenvalue weighted by molar-refractivity contribution is 5.94. The number of anilines is 3. The molecule has 0 aliphatic carbocycles. The van der Waals surface area contributed by atoms with Gasteiger partial charge in [-0.15, -0.1) is 24.8 Å². The molecule has 138 valence electrons. The lowest BCUT2D eigenvalue weighted by molar-refractivity contribution is -0.116. The first-order valence-corrected chi connectivity index (χ1v) is 7.65. The highest BCUT2D eigenvalue weighted by Gasteiger charge is 2.10. The summed E-state index contributed by atoms with van der Waals surface area (Å²) in [6, 6.07) is 11.9. The second-order valence-electron chi connectivity index (χ2n) is 5.74. The summed E-state index contributed by atoms with van der Waals surface area (Å²) >= 11 is 0. The lowest BCUT2D eigenvalue weighted by Crippen LogP contribution is -2.16. The first-order valence-electron chi connectivity index (χ1n) is 7.65. The van der Waals surface area contributed by atoms with Crippen molar-refractivity contribution in [3.05, 3.63) is 53.8 Å². The zero-order chi connectivity index (χ0) is 16.8. The molecule has 0 bridgehead atoms. The summed E-state index contributed by atoms with van der Waals surface area (Å²) in [5, 5.41) is 5.95. The Bertz CT molecular complexity index is 696. The van der Waals surface area contributed by atoms with Crippen molar-refractivity contribution in [2.45, 2.75) is 32.7 Å². The van der Waals surface area contributed by atoms with Crippen molar-refractivity contribution in [3.63, 3.8) is 0 Å². The summed E-state index contributed by atoms with van der Waals surface area (Å²) in [6.07, 6.45) is 0.874. The van der Waals surface area contributed by atoms with Gasteiger partial charge in [-0.25, -0.2) is 4.39 Å². The topological polar surface area (TPSA) is 67.1 Å². The quantitative estimate of drug-likeness (QED) is 0.632. The van der Waals surface area contributed by atoms with Crippen molar-refractivity contribution in [2.24, 2.45) is 0 Å². The molecule has 0 saturated heterocycles. The van der Waals surface area contributed by atoms with Crippen LogP contribution in [0.15, 0.2) is 42.5 Å². The molecule has 1 amide bonds. The van der Waals surface area contributed by atoms with E-state index in [9.17, 15) is 9.18 Å². The van der Waals surface area contributed by atoms with Gasteiger partial charge in [0, 0.05) is 18.2 Å². The van der Waals surface area contributed by atoms with Crippen LogP contribution < -0.4 is 16.4 Å². The summed E-state index contributed by atoms with van der Waals surface area (Å²) in [5.74, 6) is -0.477. The van der Waals surface area contributed by atoms with Crippen LogP contribution in [0.3, 0.4) is 0 Å². The number of hydrogen-bond donors (Lipinski definition) is 3. The smallest absolute Gasteiger partial charge is 0.224 e. The molecule has 0 radical (unpaired) electrons. The number of aryl methyl sites for hydroxylation is 1.